The van der Waals surface area contributed by atoms with Crippen LogP contribution in [-0.4, -0.2) is 82.9 Å². The highest BCUT2D eigenvalue weighted by Gasteiger charge is 2.21. The molecule has 12 nitrogen and oxygen atoms in total. The van der Waals surface area contributed by atoms with Gasteiger partial charge in [0.15, 0.2) is 0 Å². The molecule has 0 unspecified atom stereocenters. The number of nitrogens with zero attached hydrogens (tertiary/aromatic N) is 3. The summed E-state index contributed by atoms with van der Waals surface area (Å²) < 4.78 is 25.1. The Morgan fingerprint density at radius 3 is 2.50 bits per heavy atom. The molecule has 4 N–H and O–H groups in total. The first-order valence-corrected chi connectivity index (χ1v) is 12.9. The first kappa shape index (κ1) is 31.9. The fraction of sp³-hybridized carbons (Fsp3) is 0.250. The average Bonchev–Trinajstić information content (AvgIpc) is 3.43. The number of ether oxygens (including phenoxy) is 2. The van der Waals surface area contributed by atoms with Crippen LogP contribution in [0, 0.1) is 5.82 Å². The topological polar surface area (TPSA) is 163 Å². The summed E-state index contributed by atoms with van der Waals surface area (Å²) in [6, 6.07) is 7.82. The highest BCUT2D eigenvalue weighted by molar-refractivity contribution is 6.31. The van der Waals surface area contributed by atoms with Crippen molar-refractivity contribution in [1.29, 1.82) is 0 Å². The number of carboxylic acid groups (broad SMARTS) is 2. The van der Waals surface area contributed by atoms with E-state index in [-0.39, 0.29) is 17.0 Å². The van der Waals surface area contributed by atoms with E-state index in [0.717, 1.165) is 6.42 Å². The van der Waals surface area contributed by atoms with Crippen molar-refractivity contribution < 1.29 is 38.5 Å². The third-order valence-corrected chi connectivity index (χ3v) is 5.76. The summed E-state index contributed by atoms with van der Waals surface area (Å²) >= 11 is 5.91. The quantitative estimate of drug-likeness (QED) is 0.247. The van der Waals surface area contributed by atoms with Crippen molar-refractivity contribution in [2.45, 2.75) is 12.5 Å². The van der Waals surface area contributed by atoms with Gasteiger partial charge in [-0.3, -0.25) is 4.79 Å². The van der Waals surface area contributed by atoms with Crippen molar-refractivity contribution in [3.63, 3.8) is 0 Å². The molecular formula is C28H29ClFN5O7. The lowest BCUT2D eigenvalue weighted by atomic mass is 10.1. The lowest BCUT2D eigenvalue weighted by Gasteiger charge is -2.17. The SMILES string of the molecule is CN(C)CC=CC(=O)Nc1cc2c(Nc3ccc(F)c(Cl)c3)ncnc2cc1O[C@H]1CCOC1.O=C(O)C=CC(=O)O. The van der Waals surface area contributed by atoms with E-state index in [4.69, 9.17) is 31.3 Å². The van der Waals surface area contributed by atoms with Gasteiger partial charge in [-0.2, -0.15) is 0 Å². The zero-order chi connectivity index (χ0) is 30.6. The number of rotatable bonds is 10. The van der Waals surface area contributed by atoms with E-state index in [0.29, 0.717) is 65.8 Å². The van der Waals surface area contributed by atoms with Crippen molar-refractivity contribution in [3.8, 4) is 5.75 Å². The van der Waals surface area contributed by atoms with Crippen LogP contribution < -0.4 is 15.4 Å². The molecule has 1 fully saturated rings. The van der Waals surface area contributed by atoms with Gasteiger partial charge in [0, 0.05) is 48.3 Å². The molecule has 42 heavy (non-hydrogen) atoms. The molecule has 4 rings (SSSR count). The first-order chi connectivity index (χ1) is 20.0. The number of carbonyl (C=O) groups is 3. The number of benzene rings is 2. The maximum absolute atomic E-state index is 13.6. The van der Waals surface area contributed by atoms with Gasteiger partial charge < -0.3 is 35.2 Å². The van der Waals surface area contributed by atoms with Crippen molar-refractivity contribution in [2.75, 3.05) is 44.5 Å². The number of carbonyl (C=O) groups excluding carboxylic acids is 1. The Balaban J connectivity index is 0.000000531. The largest absolute Gasteiger partial charge is 0.486 e. The van der Waals surface area contributed by atoms with Crippen molar-refractivity contribution in [2.24, 2.45) is 0 Å². The van der Waals surface area contributed by atoms with Gasteiger partial charge in [0.1, 0.15) is 29.8 Å². The molecule has 0 saturated carbocycles. The lowest BCUT2D eigenvalue weighted by molar-refractivity contribution is -0.134. The number of halogens is 2. The fourth-order valence-corrected chi connectivity index (χ4v) is 3.74. The summed E-state index contributed by atoms with van der Waals surface area (Å²) in [5.74, 6) is -2.34. The van der Waals surface area contributed by atoms with Gasteiger partial charge in [-0.1, -0.05) is 17.7 Å². The van der Waals surface area contributed by atoms with Crippen molar-refractivity contribution >= 4 is 57.5 Å². The molecule has 0 aliphatic carbocycles. The molecule has 1 atom stereocenters. The molecule has 2 heterocycles. The molecule has 0 bridgehead atoms. The van der Waals surface area contributed by atoms with Gasteiger partial charge in [0.05, 0.1) is 29.4 Å². The normalized spacial score (nSPS) is 14.6. The third kappa shape index (κ3) is 10.1. The zero-order valence-electron chi connectivity index (χ0n) is 22.7. The number of aliphatic carboxylic acids is 2. The summed E-state index contributed by atoms with van der Waals surface area (Å²) in [4.78, 5) is 42.3. The smallest absolute Gasteiger partial charge is 0.328 e. The second-order valence-electron chi connectivity index (χ2n) is 9.11. The number of carboxylic acids is 2. The molecule has 0 spiro atoms. The minimum atomic E-state index is -1.26. The molecule has 1 aliphatic rings. The molecule has 1 amide bonds. The maximum Gasteiger partial charge on any atom is 0.328 e. The monoisotopic (exact) mass is 601 g/mol. The van der Waals surface area contributed by atoms with Crippen LogP contribution in [0.3, 0.4) is 0 Å². The molecule has 2 aromatic carbocycles. The minimum absolute atomic E-state index is 0.00436. The minimum Gasteiger partial charge on any atom is -0.486 e. The van der Waals surface area contributed by atoms with E-state index < -0.39 is 17.8 Å². The summed E-state index contributed by atoms with van der Waals surface area (Å²) in [5.41, 5.74) is 1.65. The van der Waals surface area contributed by atoms with Gasteiger partial charge in [-0.25, -0.2) is 23.9 Å². The average molecular weight is 602 g/mol. The van der Waals surface area contributed by atoms with Crippen LogP contribution in [0.15, 0.2) is 61.0 Å². The van der Waals surface area contributed by atoms with Gasteiger partial charge >= 0.3 is 11.9 Å². The van der Waals surface area contributed by atoms with Gasteiger partial charge in [-0.05, 0) is 38.4 Å². The standard InChI is InChI=1S/C24H25ClFN5O3.C4H4O4/c1-31(2)8-3-4-23(32)30-21-11-17-20(12-22(21)34-16-7-9-33-13-16)27-14-28-24(17)29-15-5-6-19(26)18(25)10-15;5-3(6)1-2-4(7)8/h3-6,10-12,14,16H,7-9,13H2,1-2H3,(H,30,32)(H,27,28,29);1-2H,(H,5,6)(H,7,8)/t16-;/m0./s1. The molecule has 3 aromatic rings. The van der Waals surface area contributed by atoms with Crippen LogP contribution in [0.5, 0.6) is 5.75 Å². The van der Waals surface area contributed by atoms with E-state index in [9.17, 15) is 18.8 Å². The first-order valence-electron chi connectivity index (χ1n) is 12.5. The predicted molar refractivity (Wildman–Crippen MR) is 155 cm³/mol. The van der Waals surface area contributed by atoms with Crippen LogP contribution in [0.4, 0.5) is 21.6 Å². The number of nitrogens with one attached hydrogen (secondary N) is 2. The van der Waals surface area contributed by atoms with Crippen LogP contribution in [0.1, 0.15) is 6.42 Å². The summed E-state index contributed by atoms with van der Waals surface area (Å²) in [5, 5.41) is 22.3. The number of fused-ring (bicyclic) bond motifs is 1. The number of aromatic nitrogens is 2. The van der Waals surface area contributed by atoms with E-state index in [2.05, 4.69) is 20.6 Å². The fourth-order valence-electron chi connectivity index (χ4n) is 3.56. The Labute approximate surface area is 245 Å². The molecule has 1 saturated heterocycles. The lowest BCUT2D eigenvalue weighted by Crippen LogP contribution is -2.18. The Kier molecular flexibility index (Phi) is 11.7. The predicted octanol–water partition coefficient (Wildman–Crippen LogP) is 4.10. The number of anilines is 3. The molecule has 222 valence electrons. The second kappa shape index (κ2) is 15.4. The van der Waals surface area contributed by atoms with Crippen molar-refractivity contribution in [3.05, 3.63) is 71.8 Å². The van der Waals surface area contributed by atoms with Crippen molar-refractivity contribution in [1.82, 2.24) is 14.9 Å². The summed E-state index contributed by atoms with van der Waals surface area (Å²) in [7, 11) is 3.84. The molecular weight excluding hydrogens is 573 g/mol. The summed E-state index contributed by atoms with van der Waals surface area (Å²) in [6.07, 6.45) is 6.43. The maximum atomic E-state index is 13.6. The highest BCUT2D eigenvalue weighted by atomic mass is 35.5. The van der Waals surface area contributed by atoms with E-state index in [1.54, 1.807) is 24.3 Å². The third-order valence-electron chi connectivity index (χ3n) is 5.47. The highest BCUT2D eigenvalue weighted by Crippen LogP contribution is 2.35. The van der Waals surface area contributed by atoms with Gasteiger partial charge in [0.25, 0.3) is 0 Å². The number of hydrogen-bond donors (Lipinski definition) is 4. The Morgan fingerprint density at radius 1 is 1.14 bits per heavy atom. The summed E-state index contributed by atoms with van der Waals surface area (Å²) in [6.45, 7) is 1.75. The number of likely N-dealkylation sites (N-methyl/N-ethyl adjacent to an activating group) is 1. The Bertz CT molecular complexity index is 1480. The second-order valence-corrected chi connectivity index (χ2v) is 9.52. The molecule has 14 heteroatoms. The molecule has 1 aromatic heterocycles. The van der Waals surface area contributed by atoms with E-state index in [1.807, 2.05) is 19.0 Å². The Morgan fingerprint density at radius 2 is 1.88 bits per heavy atom. The molecule has 0 radical (unpaired) electrons. The van der Waals surface area contributed by atoms with Crippen LogP contribution >= 0.6 is 11.6 Å². The van der Waals surface area contributed by atoms with Crippen LogP contribution in [0.2, 0.25) is 5.02 Å². The van der Waals surface area contributed by atoms with E-state index >= 15 is 0 Å². The van der Waals surface area contributed by atoms with Gasteiger partial charge in [-0.15, -0.1) is 0 Å². The van der Waals surface area contributed by atoms with Crippen LogP contribution in [-0.2, 0) is 19.1 Å². The number of hydrogen-bond acceptors (Lipinski definition) is 9. The van der Waals surface area contributed by atoms with Gasteiger partial charge in [0.2, 0.25) is 5.91 Å². The molecule has 1 aliphatic heterocycles. The van der Waals surface area contributed by atoms with Crippen LogP contribution in [0.25, 0.3) is 10.9 Å². The number of amides is 1. The Hall–Kier alpha value is -4.59. The zero-order valence-corrected chi connectivity index (χ0v) is 23.5. The van der Waals surface area contributed by atoms with E-state index in [1.165, 1.54) is 24.5 Å².